The number of pyridine rings is 1. The van der Waals surface area contributed by atoms with Crippen LogP contribution in [-0.4, -0.2) is 23.6 Å². The van der Waals surface area contributed by atoms with E-state index in [-0.39, 0.29) is 30.1 Å². The Bertz CT molecular complexity index is 645. The van der Waals surface area contributed by atoms with E-state index in [1.807, 2.05) is 32.0 Å². The third-order valence-corrected chi connectivity index (χ3v) is 3.53. The van der Waals surface area contributed by atoms with Crippen LogP contribution in [-0.2, 0) is 24.4 Å². The number of nitrogens with one attached hydrogen (secondary N) is 2. The van der Waals surface area contributed by atoms with Gasteiger partial charge in [-0.15, -0.1) is 24.0 Å². The van der Waals surface area contributed by atoms with Gasteiger partial charge in [0, 0.05) is 12.7 Å². The molecule has 0 aliphatic heterocycles. The van der Waals surface area contributed by atoms with Crippen LogP contribution in [0, 0.1) is 0 Å². The summed E-state index contributed by atoms with van der Waals surface area (Å²) in [6, 6.07) is 14.3. The molecule has 2 N–H and O–H groups in total. The zero-order valence-electron chi connectivity index (χ0n) is 15.7. The summed E-state index contributed by atoms with van der Waals surface area (Å²) in [5.41, 5.74) is 3.34. The molecule has 142 valence electrons. The molecule has 1 aromatic heterocycles. The topological polar surface area (TPSA) is 58.5 Å². The van der Waals surface area contributed by atoms with E-state index in [2.05, 4.69) is 51.8 Å². The molecule has 26 heavy (non-hydrogen) atoms. The Morgan fingerprint density at radius 3 is 2.42 bits per heavy atom. The fourth-order valence-corrected chi connectivity index (χ4v) is 2.19. The van der Waals surface area contributed by atoms with Gasteiger partial charge < -0.3 is 15.4 Å². The first-order valence-corrected chi connectivity index (χ1v) is 8.79. The van der Waals surface area contributed by atoms with Crippen molar-refractivity contribution in [3.63, 3.8) is 0 Å². The Morgan fingerprint density at radius 2 is 1.81 bits per heavy atom. The minimum absolute atomic E-state index is 0. The molecule has 1 heterocycles. The summed E-state index contributed by atoms with van der Waals surface area (Å²) in [5, 5.41) is 6.57. The zero-order valence-corrected chi connectivity index (χ0v) is 18.1. The average molecular weight is 468 g/mol. The first kappa shape index (κ1) is 22.4. The van der Waals surface area contributed by atoms with Crippen molar-refractivity contribution in [2.75, 3.05) is 6.54 Å². The van der Waals surface area contributed by atoms with Gasteiger partial charge in [-0.2, -0.15) is 0 Å². The van der Waals surface area contributed by atoms with Gasteiger partial charge in [-0.3, -0.25) is 4.98 Å². The van der Waals surface area contributed by atoms with Crippen LogP contribution in [0.15, 0.2) is 53.7 Å². The lowest BCUT2D eigenvalue weighted by atomic mass is 10.1. The Morgan fingerprint density at radius 1 is 1.08 bits per heavy atom. The second-order valence-electron chi connectivity index (χ2n) is 6.05. The van der Waals surface area contributed by atoms with Crippen molar-refractivity contribution in [3.05, 3.63) is 65.5 Å². The monoisotopic (exact) mass is 468 g/mol. The molecule has 0 spiro atoms. The maximum Gasteiger partial charge on any atom is 0.191 e. The van der Waals surface area contributed by atoms with Crippen LogP contribution in [0.3, 0.4) is 0 Å². The summed E-state index contributed by atoms with van der Waals surface area (Å²) >= 11 is 0. The highest BCUT2D eigenvalue weighted by Gasteiger charge is 2.00. The van der Waals surface area contributed by atoms with Gasteiger partial charge in [0.1, 0.15) is 0 Å². The number of hydrogen-bond acceptors (Lipinski definition) is 3. The first-order valence-electron chi connectivity index (χ1n) is 8.79. The number of halogens is 1. The van der Waals surface area contributed by atoms with Crippen molar-refractivity contribution in [3.8, 4) is 0 Å². The SMILES string of the molecule is CCNC(=NCc1ccc(COC(C)C)cc1)NCc1ccccn1.I. The van der Waals surface area contributed by atoms with Crippen molar-refractivity contribution in [2.45, 2.75) is 46.6 Å². The molecular formula is C20H29IN4O. The van der Waals surface area contributed by atoms with E-state index < -0.39 is 0 Å². The normalized spacial score (nSPS) is 11.2. The van der Waals surface area contributed by atoms with Gasteiger partial charge >= 0.3 is 0 Å². The molecule has 0 aliphatic rings. The van der Waals surface area contributed by atoms with Crippen LogP contribution in [0.4, 0.5) is 0 Å². The van der Waals surface area contributed by atoms with E-state index in [1.54, 1.807) is 6.20 Å². The predicted octanol–water partition coefficient (Wildman–Crippen LogP) is 3.88. The Labute approximate surface area is 173 Å². The highest BCUT2D eigenvalue weighted by Crippen LogP contribution is 2.08. The molecule has 0 atom stereocenters. The summed E-state index contributed by atoms with van der Waals surface area (Å²) in [7, 11) is 0. The molecule has 0 fully saturated rings. The molecular weight excluding hydrogens is 439 g/mol. The third kappa shape index (κ3) is 8.62. The van der Waals surface area contributed by atoms with Crippen LogP contribution in [0.2, 0.25) is 0 Å². The lowest BCUT2D eigenvalue weighted by Gasteiger charge is -2.11. The Balaban J connectivity index is 0.00000338. The van der Waals surface area contributed by atoms with Crippen LogP contribution in [0.5, 0.6) is 0 Å². The molecule has 0 saturated heterocycles. The fraction of sp³-hybridized carbons (Fsp3) is 0.400. The van der Waals surface area contributed by atoms with Gasteiger partial charge in [0.25, 0.3) is 0 Å². The number of rotatable bonds is 8. The summed E-state index contributed by atoms with van der Waals surface area (Å²) in [6.07, 6.45) is 2.04. The van der Waals surface area contributed by atoms with Crippen LogP contribution >= 0.6 is 24.0 Å². The maximum absolute atomic E-state index is 5.62. The van der Waals surface area contributed by atoms with Gasteiger partial charge in [0.2, 0.25) is 0 Å². The summed E-state index contributed by atoms with van der Waals surface area (Å²) in [5.74, 6) is 0.792. The number of guanidine groups is 1. The summed E-state index contributed by atoms with van der Waals surface area (Å²) in [6.45, 7) is 8.89. The minimum atomic E-state index is 0. The molecule has 2 rings (SSSR count). The fourth-order valence-electron chi connectivity index (χ4n) is 2.19. The van der Waals surface area contributed by atoms with Crippen molar-refractivity contribution in [1.29, 1.82) is 0 Å². The van der Waals surface area contributed by atoms with Gasteiger partial charge in [-0.25, -0.2) is 4.99 Å². The number of aliphatic imine (C=N–C) groups is 1. The van der Waals surface area contributed by atoms with E-state index in [4.69, 9.17) is 4.74 Å². The third-order valence-electron chi connectivity index (χ3n) is 3.53. The van der Waals surface area contributed by atoms with E-state index >= 15 is 0 Å². The molecule has 0 radical (unpaired) electrons. The Kier molecular flexibility index (Phi) is 10.9. The van der Waals surface area contributed by atoms with E-state index in [9.17, 15) is 0 Å². The van der Waals surface area contributed by atoms with Crippen LogP contribution in [0.25, 0.3) is 0 Å². The first-order chi connectivity index (χ1) is 12.2. The quantitative estimate of drug-likeness (QED) is 0.351. The number of hydrogen-bond donors (Lipinski definition) is 2. The van der Waals surface area contributed by atoms with Crippen LogP contribution < -0.4 is 10.6 Å². The second kappa shape index (κ2) is 12.6. The van der Waals surface area contributed by atoms with Crippen molar-refractivity contribution < 1.29 is 4.74 Å². The van der Waals surface area contributed by atoms with Crippen molar-refractivity contribution in [1.82, 2.24) is 15.6 Å². The standard InChI is InChI=1S/C20H28N4O.HI/c1-4-21-20(24-14-19-7-5-6-12-22-19)23-13-17-8-10-18(11-9-17)15-25-16(2)3;/h5-12,16H,4,13-15H2,1-3H3,(H2,21,23,24);1H. The van der Waals surface area contributed by atoms with Crippen molar-refractivity contribution >= 4 is 29.9 Å². The number of nitrogens with zero attached hydrogens (tertiary/aromatic N) is 2. The molecule has 0 saturated carbocycles. The highest BCUT2D eigenvalue weighted by molar-refractivity contribution is 14.0. The molecule has 1 aromatic carbocycles. The van der Waals surface area contributed by atoms with Gasteiger partial charge in [0.05, 0.1) is 31.5 Å². The lowest BCUT2D eigenvalue weighted by molar-refractivity contribution is 0.0657. The van der Waals surface area contributed by atoms with Gasteiger partial charge in [-0.05, 0) is 44.0 Å². The highest BCUT2D eigenvalue weighted by atomic mass is 127. The lowest BCUT2D eigenvalue weighted by Crippen LogP contribution is -2.36. The van der Waals surface area contributed by atoms with Gasteiger partial charge in [0.15, 0.2) is 5.96 Å². The summed E-state index contributed by atoms with van der Waals surface area (Å²) in [4.78, 5) is 8.95. The zero-order chi connectivity index (χ0) is 17.9. The number of aromatic nitrogens is 1. The maximum atomic E-state index is 5.62. The molecule has 0 aliphatic carbocycles. The second-order valence-corrected chi connectivity index (χ2v) is 6.05. The largest absolute Gasteiger partial charge is 0.374 e. The minimum Gasteiger partial charge on any atom is -0.374 e. The molecule has 2 aromatic rings. The van der Waals surface area contributed by atoms with Crippen molar-refractivity contribution in [2.24, 2.45) is 4.99 Å². The van der Waals surface area contributed by atoms with Crippen LogP contribution in [0.1, 0.15) is 37.6 Å². The number of benzene rings is 1. The molecule has 6 heteroatoms. The molecule has 0 bridgehead atoms. The Hall–Kier alpha value is -1.67. The predicted molar refractivity (Wildman–Crippen MR) is 118 cm³/mol. The molecule has 0 unspecified atom stereocenters. The number of ether oxygens (including phenoxy) is 1. The molecule has 5 nitrogen and oxygen atoms in total. The van der Waals surface area contributed by atoms with E-state index in [1.165, 1.54) is 11.1 Å². The molecule has 0 amide bonds. The van der Waals surface area contributed by atoms with E-state index in [0.29, 0.717) is 19.7 Å². The average Bonchev–Trinajstić information content (AvgIpc) is 2.64. The smallest absolute Gasteiger partial charge is 0.191 e. The van der Waals surface area contributed by atoms with E-state index in [0.717, 1.165) is 18.2 Å². The van der Waals surface area contributed by atoms with Gasteiger partial charge in [-0.1, -0.05) is 30.3 Å². The summed E-state index contributed by atoms with van der Waals surface area (Å²) < 4.78 is 5.62.